The number of hydrogen-bond donors (Lipinski definition) is 1. The molecule has 1 N–H and O–H groups in total. The zero-order valence-corrected chi connectivity index (χ0v) is 15.5. The average Bonchev–Trinajstić information content (AvgIpc) is 3.23. The van der Waals surface area contributed by atoms with E-state index in [0.717, 1.165) is 28.8 Å². The predicted octanol–water partition coefficient (Wildman–Crippen LogP) is 4.38. The number of halogens is 2. The summed E-state index contributed by atoms with van der Waals surface area (Å²) in [6, 6.07) is 4.43. The fourth-order valence-corrected chi connectivity index (χ4v) is 3.49. The summed E-state index contributed by atoms with van der Waals surface area (Å²) in [5.74, 6) is -0.739. The van der Waals surface area contributed by atoms with Gasteiger partial charge in [-0.1, -0.05) is 17.8 Å². The van der Waals surface area contributed by atoms with Crippen molar-refractivity contribution in [3.63, 3.8) is 0 Å². The van der Waals surface area contributed by atoms with Gasteiger partial charge in [0, 0.05) is 18.0 Å². The molecule has 4 rings (SSSR count). The summed E-state index contributed by atoms with van der Waals surface area (Å²) >= 11 is 1.48. The molecule has 2 heterocycles. The smallest absolute Gasteiger partial charge is 0.191 e. The van der Waals surface area contributed by atoms with Gasteiger partial charge in [-0.3, -0.25) is 0 Å². The Morgan fingerprint density at radius 1 is 1.23 bits per heavy atom. The normalized spacial score (nSPS) is 19.3. The van der Waals surface area contributed by atoms with Crippen LogP contribution in [-0.2, 0) is 0 Å². The van der Waals surface area contributed by atoms with Gasteiger partial charge >= 0.3 is 0 Å². The Hall–Kier alpha value is -2.22. The Bertz CT molecular complexity index is 972. The molecule has 26 heavy (non-hydrogen) atoms. The molecule has 2 aromatic heterocycles. The van der Waals surface area contributed by atoms with Gasteiger partial charge in [-0.25, -0.2) is 23.4 Å². The number of fused-ring (bicyclic) bond motifs is 1. The van der Waals surface area contributed by atoms with Gasteiger partial charge in [0.15, 0.2) is 22.4 Å². The third-order valence-corrected chi connectivity index (χ3v) is 5.14. The van der Waals surface area contributed by atoms with E-state index < -0.39 is 11.6 Å². The molecule has 0 radical (unpaired) electrons. The molecule has 0 saturated heterocycles. The van der Waals surface area contributed by atoms with E-state index in [1.807, 2.05) is 10.9 Å². The number of nitrogens with zero attached hydrogens (tertiary/aromatic N) is 4. The first kappa shape index (κ1) is 17.2. The molecule has 1 saturated carbocycles. The van der Waals surface area contributed by atoms with Crippen molar-refractivity contribution in [2.24, 2.45) is 0 Å². The highest BCUT2D eigenvalue weighted by atomic mass is 32.2. The highest BCUT2D eigenvalue weighted by molar-refractivity contribution is 7.98. The van der Waals surface area contributed by atoms with Crippen LogP contribution in [0.5, 0.6) is 0 Å². The van der Waals surface area contributed by atoms with Crippen LogP contribution in [0.3, 0.4) is 0 Å². The molecule has 0 spiro atoms. The van der Waals surface area contributed by atoms with Crippen molar-refractivity contribution >= 4 is 28.6 Å². The minimum absolute atomic E-state index is 0.134. The number of nitrogens with one attached hydrogen (secondary N) is 1. The molecule has 1 aliphatic carbocycles. The molecule has 8 heteroatoms. The standard InChI is InChI=1S/C18H19F2N5S/c1-9(2)25-17-12(8-21-25)16(23-18(24-17)26-3)22-15-7-11(15)10-4-5-13(19)14(20)6-10/h4-6,8-9,11,15H,7H2,1-3H3,(H,22,23,24)/t11?,15-/m1/s1. The fraction of sp³-hybridized carbons (Fsp3) is 0.389. The largest absolute Gasteiger partial charge is 0.366 e. The van der Waals surface area contributed by atoms with E-state index in [2.05, 4.69) is 34.2 Å². The first-order valence-corrected chi connectivity index (χ1v) is 9.71. The lowest BCUT2D eigenvalue weighted by molar-refractivity contribution is 0.507. The molecule has 1 fully saturated rings. The summed E-state index contributed by atoms with van der Waals surface area (Å²) in [6.45, 7) is 4.11. The van der Waals surface area contributed by atoms with Crippen molar-refractivity contribution in [1.82, 2.24) is 19.7 Å². The average molecular weight is 375 g/mol. The molecule has 0 amide bonds. The van der Waals surface area contributed by atoms with Crippen LogP contribution in [0.15, 0.2) is 29.6 Å². The van der Waals surface area contributed by atoms with Gasteiger partial charge in [-0.05, 0) is 44.2 Å². The molecular weight excluding hydrogens is 356 g/mol. The molecule has 5 nitrogen and oxygen atoms in total. The van der Waals surface area contributed by atoms with Crippen LogP contribution >= 0.6 is 11.8 Å². The molecule has 0 aliphatic heterocycles. The Labute approximate surface area is 154 Å². The second kappa shape index (κ2) is 6.50. The molecule has 1 unspecified atom stereocenters. The fourth-order valence-electron chi connectivity index (χ4n) is 3.13. The minimum Gasteiger partial charge on any atom is -0.366 e. The van der Waals surface area contributed by atoms with Gasteiger partial charge in [-0.15, -0.1) is 0 Å². The maximum Gasteiger partial charge on any atom is 0.191 e. The summed E-state index contributed by atoms with van der Waals surface area (Å²) in [4.78, 5) is 9.17. The summed E-state index contributed by atoms with van der Waals surface area (Å²) in [5, 5.41) is 9.41. The third kappa shape index (κ3) is 3.02. The molecule has 1 aliphatic rings. The van der Waals surface area contributed by atoms with Crippen LogP contribution in [0.2, 0.25) is 0 Å². The molecular formula is C18H19F2N5S. The van der Waals surface area contributed by atoms with E-state index in [1.54, 1.807) is 12.3 Å². The predicted molar refractivity (Wildman–Crippen MR) is 98.6 cm³/mol. The van der Waals surface area contributed by atoms with Crippen molar-refractivity contribution in [3.05, 3.63) is 41.6 Å². The zero-order chi connectivity index (χ0) is 18.4. The second-order valence-corrected chi connectivity index (χ2v) is 7.52. The monoisotopic (exact) mass is 375 g/mol. The SMILES string of the molecule is CSc1nc(N[C@@H]2CC2c2ccc(F)c(F)c2)c2cnn(C(C)C)c2n1. The Morgan fingerprint density at radius 2 is 2.04 bits per heavy atom. The van der Waals surface area contributed by atoms with E-state index in [9.17, 15) is 8.78 Å². The lowest BCUT2D eigenvalue weighted by Crippen LogP contribution is -2.09. The minimum atomic E-state index is -0.817. The molecule has 136 valence electrons. The summed E-state index contributed by atoms with van der Waals surface area (Å²) in [6.07, 6.45) is 4.56. The van der Waals surface area contributed by atoms with Crippen molar-refractivity contribution < 1.29 is 8.78 Å². The highest BCUT2D eigenvalue weighted by Crippen LogP contribution is 2.43. The number of thioether (sulfide) groups is 1. The lowest BCUT2D eigenvalue weighted by Gasteiger charge is -2.10. The first-order chi connectivity index (χ1) is 12.5. The topological polar surface area (TPSA) is 55.6 Å². The summed E-state index contributed by atoms with van der Waals surface area (Å²) in [7, 11) is 0. The number of aromatic nitrogens is 4. The van der Waals surface area contributed by atoms with Crippen LogP contribution in [0.25, 0.3) is 11.0 Å². The maximum absolute atomic E-state index is 13.5. The Morgan fingerprint density at radius 3 is 2.73 bits per heavy atom. The number of hydrogen-bond acceptors (Lipinski definition) is 5. The van der Waals surface area contributed by atoms with Crippen LogP contribution in [0, 0.1) is 11.6 Å². The number of anilines is 1. The Kier molecular flexibility index (Phi) is 4.30. The van der Waals surface area contributed by atoms with Gasteiger partial charge in [-0.2, -0.15) is 5.10 Å². The van der Waals surface area contributed by atoms with E-state index >= 15 is 0 Å². The molecule has 0 bridgehead atoms. The summed E-state index contributed by atoms with van der Waals surface area (Å²) in [5.41, 5.74) is 1.60. The molecule has 3 aromatic rings. The maximum atomic E-state index is 13.5. The third-order valence-electron chi connectivity index (χ3n) is 4.59. The Balaban J connectivity index is 1.62. The van der Waals surface area contributed by atoms with Crippen LogP contribution < -0.4 is 5.32 Å². The van der Waals surface area contributed by atoms with E-state index in [4.69, 9.17) is 0 Å². The highest BCUT2D eigenvalue weighted by Gasteiger charge is 2.39. The van der Waals surface area contributed by atoms with E-state index in [-0.39, 0.29) is 18.0 Å². The second-order valence-electron chi connectivity index (χ2n) is 6.75. The van der Waals surface area contributed by atoms with Crippen molar-refractivity contribution in [1.29, 1.82) is 0 Å². The van der Waals surface area contributed by atoms with Gasteiger partial charge in [0.25, 0.3) is 0 Å². The van der Waals surface area contributed by atoms with E-state index in [0.29, 0.717) is 5.16 Å². The first-order valence-electron chi connectivity index (χ1n) is 8.48. The quantitative estimate of drug-likeness (QED) is 0.530. The van der Waals surface area contributed by atoms with E-state index in [1.165, 1.54) is 23.9 Å². The van der Waals surface area contributed by atoms with Crippen LogP contribution in [0.4, 0.5) is 14.6 Å². The number of rotatable bonds is 5. The van der Waals surface area contributed by atoms with Gasteiger partial charge in [0.2, 0.25) is 0 Å². The summed E-state index contributed by atoms with van der Waals surface area (Å²) < 4.78 is 28.5. The van der Waals surface area contributed by atoms with Crippen molar-refractivity contribution in [2.45, 2.75) is 43.4 Å². The van der Waals surface area contributed by atoms with Crippen molar-refractivity contribution in [2.75, 3.05) is 11.6 Å². The molecule has 2 atom stereocenters. The van der Waals surface area contributed by atoms with Gasteiger partial charge < -0.3 is 5.32 Å². The van der Waals surface area contributed by atoms with Crippen LogP contribution in [0.1, 0.15) is 37.8 Å². The lowest BCUT2D eigenvalue weighted by atomic mass is 10.1. The van der Waals surface area contributed by atoms with Gasteiger partial charge in [0.1, 0.15) is 5.82 Å². The number of benzene rings is 1. The molecule has 1 aromatic carbocycles. The van der Waals surface area contributed by atoms with Crippen molar-refractivity contribution in [3.8, 4) is 0 Å². The van der Waals surface area contributed by atoms with Gasteiger partial charge in [0.05, 0.1) is 11.6 Å². The zero-order valence-electron chi connectivity index (χ0n) is 14.7. The van der Waals surface area contributed by atoms with Crippen LogP contribution in [-0.4, -0.2) is 32.0 Å².